The van der Waals surface area contributed by atoms with Crippen molar-refractivity contribution in [1.29, 1.82) is 0 Å². The maximum absolute atomic E-state index is 13.2. The van der Waals surface area contributed by atoms with Crippen molar-refractivity contribution in [2.45, 2.75) is 32.7 Å². The number of hydrogen-bond donors (Lipinski definition) is 0. The monoisotopic (exact) mass is 470 g/mol. The number of benzene rings is 1. The summed E-state index contributed by atoms with van der Waals surface area (Å²) in [5, 5.41) is 2.66. The van der Waals surface area contributed by atoms with Crippen molar-refractivity contribution in [3.8, 4) is 5.75 Å². The van der Waals surface area contributed by atoms with Crippen molar-refractivity contribution < 1.29 is 17.9 Å². The van der Waals surface area contributed by atoms with E-state index in [0.29, 0.717) is 36.9 Å². The minimum Gasteiger partial charge on any atom is -0.491 e. The first kappa shape index (κ1) is 23.1. The molecule has 6 nitrogen and oxygen atoms in total. The van der Waals surface area contributed by atoms with Crippen molar-refractivity contribution in [2.24, 2.45) is 0 Å². The number of amides is 1. The standard InChI is InChI=1S/C21H27ClN2O4S2/c1-3-11-23(30(26,27)4-2)14-21(25)24-12-9-20-18(10-13-29-20)19(24)15-28-17-7-5-16(22)6-8-17/h5-8,10,13,19H,3-4,9,11-12,14-15H2,1-2H3. The normalized spacial score (nSPS) is 16.5. The molecular weight excluding hydrogens is 444 g/mol. The van der Waals surface area contributed by atoms with Gasteiger partial charge in [-0.15, -0.1) is 11.3 Å². The zero-order valence-electron chi connectivity index (χ0n) is 17.2. The quantitative estimate of drug-likeness (QED) is 0.556. The van der Waals surface area contributed by atoms with E-state index in [1.807, 2.05) is 18.4 Å². The molecule has 0 N–H and O–H groups in total. The van der Waals surface area contributed by atoms with E-state index in [0.717, 1.165) is 12.0 Å². The van der Waals surface area contributed by atoms with Crippen LogP contribution in [0.15, 0.2) is 35.7 Å². The van der Waals surface area contributed by atoms with E-state index in [1.165, 1.54) is 9.18 Å². The van der Waals surface area contributed by atoms with Crippen LogP contribution in [-0.2, 0) is 21.2 Å². The van der Waals surface area contributed by atoms with E-state index in [-0.39, 0.29) is 24.2 Å². The van der Waals surface area contributed by atoms with Gasteiger partial charge in [-0.25, -0.2) is 8.42 Å². The van der Waals surface area contributed by atoms with Gasteiger partial charge in [0.05, 0.1) is 18.3 Å². The zero-order chi connectivity index (χ0) is 21.7. The number of carbonyl (C=O) groups is 1. The molecule has 2 aromatic rings. The Morgan fingerprint density at radius 3 is 2.67 bits per heavy atom. The highest BCUT2D eigenvalue weighted by molar-refractivity contribution is 7.89. The SMILES string of the molecule is CCCN(CC(=O)N1CCc2sccc2C1COc1ccc(Cl)cc1)S(=O)(=O)CC. The number of carbonyl (C=O) groups excluding carboxylic acids is 1. The lowest BCUT2D eigenvalue weighted by molar-refractivity contribution is -0.135. The van der Waals surface area contributed by atoms with E-state index in [9.17, 15) is 13.2 Å². The predicted molar refractivity (Wildman–Crippen MR) is 121 cm³/mol. The minimum absolute atomic E-state index is 0.0158. The number of ether oxygens (including phenoxy) is 1. The summed E-state index contributed by atoms with van der Waals surface area (Å²) in [6, 6.07) is 8.88. The summed E-state index contributed by atoms with van der Waals surface area (Å²) in [5.74, 6) is 0.468. The van der Waals surface area contributed by atoms with Gasteiger partial charge in [0.15, 0.2) is 0 Å². The van der Waals surface area contributed by atoms with Crippen LogP contribution in [0.1, 0.15) is 36.8 Å². The summed E-state index contributed by atoms with van der Waals surface area (Å²) in [6.45, 7) is 4.55. The first-order chi connectivity index (χ1) is 14.4. The molecule has 164 valence electrons. The minimum atomic E-state index is -3.44. The molecule has 2 heterocycles. The highest BCUT2D eigenvalue weighted by Gasteiger charge is 2.34. The summed E-state index contributed by atoms with van der Waals surface area (Å²) >= 11 is 7.62. The fraction of sp³-hybridized carbons (Fsp3) is 0.476. The van der Waals surface area contributed by atoms with Crippen LogP contribution < -0.4 is 4.74 Å². The van der Waals surface area contributed by atoms with E-state index >= 15 is 0 Å². The molecule has 0 radical (unpaired) electrons. The van der Waals surface area contributed by atoms with Gasteiger partial charge in [0.1, 0.15) is 12.4 Å². The molecular formula is C21H27ClN2O4S2. The van der Waals surface area contributed by atoms with Gasteiger partial charge in [0.25, 0.3) is 0 Å². The molecule has 0 spiro atoms. The highest BCUT2D eigenvalue weighted by atomic mass is 35.5. The number of thiophene rings is 1. The second-order valence-corrected chi connectivity index (χ2v) is 10.8. The summed E-state index contributed by atoms with van der Waals surface area (Å²) in [4.78, 5) is 16.2. The fourth-order valence-electron chi connectivity index (χ4n) is 3.57. The molecule has 1 amide bonds. The molecule has 1 aromatic carbocycles. The lowest BCUT2D eigenvalue weighted by Crippen LogP contribution is -2.48. The topological polar surface area (TPSA) is 66.9 Å². The van der Waals surface area contributed by atoms with Gasteiger partial charge >= 0.3 is 0 Å². The van der Waals surface area contributed by atoms with Crippen molar-refractivity contribution in [3.05, 3.63) is 51.2 Å². The van der Waals surface area contributed by atoms with Gasteiger partial charge in [-0.1, -0.05) is 18.5 Å². The lowest BCUT2D eigenvalue weighted by atomic mass is 10.0. The summed E-state index contributed by atoms with van der Waals surface area (Å²) < 4.78 is 32.1. The third-order valence-electron chi connectivity index (χ3n) is 5.18. The molecule has 9 heteroatoms. The van der Waals surface area contributed by atoms with Crippen LogP contribution in [-0.4, -0.2) is 55.5 Å². The Labute approximate surface area is 187 Å². The predicted octanol–water partition coefficient (Wildman–Crippen LogP) is 3.97. The molecule has 0 fully saturated rings. The average Bonchev–Trinajstić information content (AvgIpc) is 3.21. The Kier molecular flexibility index (Phi) is 7.79. The van der Waals surface area contributed by atoms with Crippen molar-refractivity contribution in [3.63, 3.8) is 0 Å². The third kappa shape index (κ3) is 5.35. The molecule has 1 atom stereocenters. The number of rotatable bonds is 9. The van der Waals surface area contributed by atoms with Crippen molar-refractivity contribution in [2.75, 3.05) is 32.0 Å². The van der Waals surface area contributed by atoms with Gasteiger partial charge in [0, 0.05) is 23.0 Å². The van der Waals surface area contributed by atoms with Gasteiger partial charge in [-0.2, -0.15) is 4.31 Å². The first-order valence-electron chi connectivity index (χ1n) is 10.1. The van der Waals surface area contributed by atoms with Crippen LogP contribution >= 0.6 is 22.9 Å². The third-order valence-corrected chi connectivity index (χ3v) is 8.26. The molecule has 30 heavy (non-hydrogen) atoms. The van der Waals surface area contributed by atoms with E-state index in [2.05, 4.69) is 0 Å². The first-order valence-corrected chi connectivity index (χ1v) is 12.9. The Morgan fingerprint density at radius 2 is 2.00 bits per heavy atom. The highest BCUT2D eigenvalue weighted by Crippen LogP contribution is 2.34. The van der Waals surface area contributed by atoms with Gasteiger partial charge in [0.2, 0.25) is 15.9 Å². The average molecular weight is 471 g/mol. The summed E-state index contributed by atoms with van der Waals surface area (Å²) in [6.07, 6.45) is 1.43. The summed E-state index contributed by atoms with van der Waals surface area (Å²) in [5.41, 5.74) is 1.08. The fourth-order valence-corrected chi connectivity index (χ4v) is 5.76. The van der Waals surface area contributed by atoms with Crippen LogP contribution in [0.4, 0.5) is 0 Å². The molecule has 1 unspecified atom stereocenters. The molecule has 1 aromatic heterocycles. The smallest absolute Gasteiger partial charge is 0.238 e. The molecule has 0 bridgehead atoms. The Hall–Kier alpha value is -1.61. The molecule has 1 aliphatic rings. The van der Waals surface area contributed by atoms with E-state index in [1.54, 1.807) is 47.4 Å². The van der Waals surface area contributed by atoms with Gasteiger partial charge in [-0.3, -0.25) is 4.79 Å². The van der Waals surface area contributed by atoms with Gasteiger partial charge in [-0.05, 0) is 61.0 Å². The van der Waals surface area contributed by atoms with Crippen molar-refractivity contribution >= 4 is 38.9 Å². The Balaban J connectivity index is 1.78. The maximum Gasteiger partial charge on any atom is 0.238 e. The number of sulfonamides is 1. The number of hydrogen-bond acceptors (Lipinski definition) is 5. The lowest BCUT2D eigenvalue weighted by Gasteiger charge is -2.37. The van der Waals surface area contributed by atoms with Crippen LogP contribution in [0.25, 0.3) is 0 Å². The number of fused-ring (bicyclic) bond motifs is 1. The van der Waals surface area contributed by atoms with E-state index in [4.69, 9.17) is 16.3 Å². The molecule has 1 aliphatic heterocycles. The van der Waals surface area contributed by atoms with Crippen LogP contribution in [0.5, 0.6) is 5.75 Å². The van der Waals surface area contributed by atoms with Crippen LogP contribution in [0.3, 0.4) is 0 Å². The number of nitrogens with zero attached hydrogens (tertiary/aromatic N) is 2. The largest absolute Gasteiger partial charge is 0.491 e. The maximum atomic E-state index is 13.2. The molecule has 0 saturated carbocycles. The van der Waals surface area contributed by atoms with Crippen LogP contribution in [0.2, 0.25) is 5.02 Å². The van der Waals surface area contributed by atoms with E-state index < -0.39 is 10.0 Å². The Bertz CT molecular complexity index is 960. The van der Waals surface area contributed by atoms with Gasteiger partial charge < -0.3 is 9.64 Å². The second-order valence-electron chi connectivity index (χ2n) is 7.15. The molecule has 0 saturated heterocycles. The molecule has 0 aliphatic carbocycles. The summed E-state index contributed by atoms with van der Waals surface area (Å²) in [7, 11) is -3.44. The number of halogens is 1. The second kappa shape index (κ2) is 10.1. The molecule has 3 rings (SSSR count). The Morgan fingerprint density at radius 1 is 1.27 bits per heavy atom. The zero-order valence-corrected chi connectivity index (χ0v) is 19.6. The van der Waals surface area contributed by atoms with Crippen molar-refractivity contribution in [1.82, 2.24) is 9.21 Å². The van der Waals surface area contributed by atoms with Crippen LogP contribution in [0, 0.1) is 0 Å².